The van der Waals surface area contributed by atoms with Crippen LogP contribution in [0.2, 0.25) is 0 Å². The van der Waals surface area contributed by atoms with Gasteiger partial charge in [-0.05, 0) is 20.3 Å². The monoisotopic (exact) mass is 287 g/mol. The number of urea groups is 1. The van der Waals surface area contributed by atoms with Crippen molar-refractivity contribution in [2.75, 3.05) is 26.2 Å². The Kier molecular flexibility index (Phi) is 6.22. The molecule has 3 N–H and O–H groups in total. The molecule has 1 aliphatic heterocycles. The summed E-state index contributed by atoms with van der Waals surface area (Å²) in [5.41, 5.74) is 0. The third kappa shape index (κ3) is 4.35. The summed E-state index contributed by atoms with van der Waals surface area (Å²) in [5, 5.41) is 20.7. The van der Waals surface area contributed by atoms with Gasteiger partial charge < -0.3 is 20.4 Å². The molecule has 0 spiro atoms. The van der Waals surface area contributed by atoms with Gasteiger partial charge in [0, 0.05) is 32.2 Å². The number of amides is 2. The molecule has 7 nitrogen and oxygen atoms in total. The van der Waals surface area contributed by atoms with Crippen LogP contribution in [0.4, 0.5) is 4.79 Å². The molecular weight excluding hydrogens is 262 g/mol. The minimum Gasteiger partial charge on any atom is -0.480 e. The molecule has 1 fully saturated rings. The first-order chi connectivity index (χ1) is 9.36. The van der Waals surface area contributed by atoms with Gasteiger partial charge in [-0.25, -0.2) is 9.59 Å². The van der Waals surface area contributed by atoms with Gasteiger partial charge in [-0.2, -0.15) is 0 Å². The Morgan fingerprint density at radius 2 is 1.75 bits per heavy atom. The highest BCUT2D eigenvalue weighted by Gasteiger charge is 2.29. The summed E-state index contributed by atoms with van der Waals surface area (Å²) in [5.74, 6) is -1.23. The summed E-state index contributed by atoms with van der Waals surface area (Å²) >= 11 is 0. The van der Waals surface area contributed by atoms with Gasteiger partial charge in [0.05, 0.1) is 6.10 Å². The van der Waals surface area contributed by atoms with E-state index in [1.54, 1.807) is 4.90 Å². The van der Waals surface area contributed by atoms with Crippen LogP contribution in [-0.2, 0) is 4.79 Å². The average Bonchev–Trinajstić information content (AvgIpc) is 2.43. The van der Waals surface area contributed by atoms with Gasteiger partial charge in [-0.3, -0.25) is 4.90 Å². The predicted octanol–water partition coefficient (Wildman–Crippen LogP) is -0.0539. The molecule has 1 saturated heterocycles. The van der Waals surface area contributed by atoms with E-state index in [2.05, 4.69) is 24.1 Å². The molecule has 0 aromatic carbocycles. The molecule has 0 aliphatic carbocycles. The average molecular weight is 287 g/mol. The molecule has 3 atom stereocenters. The fraction of sp³-hybridized carbons (Fsp3) is 0.846. The number of aliphatic hydroxyl groups is 1. The highest BCUT2D eigenvalue weighted by Crippen LogP contribution is 2.09. The van der Waals surface area contributed by atoms with Crippen LogP contribution in [0.25, 0.3) is 0 Å². The Morgan fingerprint density at radius 1 is 1.20 bits per heavy atom. The van der Waals surface area contributed by atoms with Crippen molar-refractivity contribution < 1.29 is 19.8 Å². The van der Waals surface area contributed by atoms with Crippen molar-refractivity contribution in [2.45, 2.75) is 45.4 Å². The third-order valence-electron chi connectivity index (χ3n) is 3.84. The number of carboxylic acid groups (broad SMARTS) is 1. The molecule has 0 aromatic heterocycles. The Morgan fingerprint density at radius 3 is 2.15 bits per heavy atom. The maximum absolute atomic E-state index is 12.0. The maximum atomic E-state index is 12.0. The van der Waals surface area contributed by atoms with Gasteiger partial charge in [-0.1, -0.05) is 6.92 Å². The summed E-state index contributed by atoms with van der Waals surface area (Å²) in [6, 6.07) is -1.21. The fourth-order valence-corrected chi connectivity index (χ4v) is 2.24. The molecule has 1 heterocycles. The first-order valence-corrected chi connectivity index (χ1v) is 7.07. The lowest BCUT2D eigenvalue weighted by atomic mass is 10.2. The van der Waals surface area contributed by atoms with Gasteiger partial charge in [0.2, 0.25) is 0 Å². The van der Waals surface area contributed by atoms with Crippen LogP contribution in [0.3, 0.4) is 0 Å². The first-order valence-electron chi connectivity index (χ1n) is 7.07. The molecule has 7 heteroatoms. The molecule has 1 unspecified atom stereocenters. The number of nitrogens with one attached hydrogen (secondary N) is 1. The van der Waals surface area contributed by atoms with Gasteiger partial charge in [0.25, 0.3) is 0 Å². The van der Waals surface area contributed by atoms with Gasteiger partial charge >= 0.3 is 12.0 Å². The van der Waals surface area contributed by atoms with E-state index in [9.17, 15) is 14.7 Å². The summed E-state index contributed by atoms with van der Waals surface area (Å²) in [4.78, 5) is 26.8. The maximum Gasteiger partial charge on any atom is 0.328 e. The Balaban J connectivity index is 2.48. The minimum atomic E-state index is -1.27. The first kappa shape index (κ1) is 16.7. The SMILES string of the molecule is CCC(C)N1CCN(C(=O)N[C@H](C(=O)O)[C@@H](C)O)CC1. The number of nitrogens with zero attached hydrogens (tertiary/aromatic N) is 2. The zero-order chi connectivity index (χ0) is 15.3. The van der Waals surface area contributed by atoms with Crippen molar-refractivity contribution in [2.24, 2.45) is 0 Å². The quantitative estimate of drug-likeness (QED) is 0.659. The van der Waals surface area contributed by atoms with E-state index in [0.29, 0.717) is 19.1 Å². The van der Waals surface area contributed by atoms with Gasteiger partial charge in [0.1, 0.15) is 0 Å². The van der Waals surface area contributed by atoms with Crippen LogP contribution in [0.1, 0.15) is 27.2 Å². The van der Waals surface area contributed by atoms with Crippen molar-refractivity contribution in [1.29, 1.82) is 0 Å². The lowest BCUT2D eigenvalue weighted by molar-refractivity contribution is -0.141. The second kappa shape index (κ2) is 7.44. The van der Waals surface area contributed by atoms with E-state index in [1.165, 1.54) is 6.92 Å². The lowest BCUT2D eigenvalue weighted by Gasteiger charge is -2.38. The van der Waals surface area contributed by atoms with E-state index in [1.807, 2.05) is 0 Å². The molecule has 0 saturated carbocycles. The number of rotatable bonds is 5. The van der Waals surface area contributed by atoms with Crippen molar-refractivity contribution in [3.8, 4) is 0 Å². The second-order valence-electron chi connectivity index (χ2n) is 5.29. The number of hydrogen-bond acceptors (Lipinski definition) is 4. The number of carboxylic acids is 1. The van der Waals surface area contributed by atoms with E-state index in [-0.39, 0.29) is 0 Å². The molecule has 2 amide bonds. The van der Waals surface area contributed by atoms with Crippen LogP contribution < -0.4 is 5.32 Å². The van der Waals surface area contributed by atoms with Gasteiger partial charge in [0.15, 0.2) is 6.04 Å². The molecule has 116 valence electrons. The lowest BCUT2D eigenvalue weighted by Crippen LogP contribution is -2.57. The molecule has 1 rings (SSSR count). The minimum absolute atomic E-state index is 0.429. The fourth-order valence-electron chi connectivity index (χ4n) is 2.24. The Hall–Kier alpha value is -1.34. The van der Waals surface area contributed by atoms with Crippen LogP contribution in [0, 0.1) is 0 Å². The normalized spacial score (nSPS) is 21.1. The van der Waals surface area contributed by atoms with Crippen LogP contribution in [0.5, 0.6) is 0 Å². The van der Waals surface area contributed by atoms with Crippen molar-refractivity contribution >= 4 is 12.0 Å². The summed E-state index contributed by atoms with van der Waals surface area (Å²) in [6.07, 6.45) is -0.0622. The van der Waals surface area contributed by atoms with Crippen LogP contribution in [0.15, 0.2) is 0 Å². The Labute approximate surface area is 119 Å². The zero-order valence-electron chi connectivity index (χ0n) is 12.4. The van der Waals surface area contributed by atoms with E-state index < -0.39 is 24.1 Å². The summed E-state index contributed by atoms with van der Waals surface area (Å²) in [7, 11) is 0. The largest absolute Gasteiger partial charge is 0.480 e. The number of aliphatic hydroxyl groups excluding tert-OH is 1. The van der Waals surface area contributed by atoms with Crippen molar-refractivity contribution in [1.82, 2.24) is 15.1 Å². The molecule has 1 aliphatic rings. The van der Waals surface area contributed by atoms with Crippen LogP contribution in [-0.4, -0.2) is 76.4 Å². The zero-order valence-corrected chi connectivity index (χ0v) is 12.4. The third-order valence-corrected chi connectivity index (χ3v) is 3.84. The Bertz CT molecular complexity index is 341. The molecule has 0 bridgehead atoms. The highest BCUT2D eigenvalue weighted by atomic mass is 16.4. The molecule has 0 radical (unpaired) electrons. The van der Waals surface area contributed by atoms with Crippen molar-refractivity contribution in [3.05, 3.63) is 0 Å². The topological polar surface area (TPSA) is 93.1 Å². The number of carbonyl (C=O) groups excluding carboxylic acids is 1. The van der Waals surface area contributed by atoms with E-state index in [0.717, 1.165) is 19.5 Å². The smallest absolute Gasteiger partial charge is 0.328 e. The number of piperazine rings is 1. The van der Waals surface area contributed by atoms with Gasteiger partial charge in [-0.15, -0.1) is 0 Å². The number of aliphatic carboxylic acids is 1. The summed E-state index contributed by atoms with van der Waals surface area (Å²) in [6.45, 7) is 8.35. The second-order valence-corrected chi connectivity index (χ2v) is 5.29. The van der Waals surface area contributed by atoms with E-state index in [4.69, 9.17) is 5.11 Å². The van der Waals surface area contributed by atoms with E-state index >= 15 is 0 Å². The molecule has 0 aromatic rings. The highest BCUT2D eigenvalue weighted by molar-refractivity contribution is 5.83. The van der Waals surface area contributed by atoms with Crippen molar-refractivity contribution in [3.63, 3.8) is 0 Å². The molecule has 20 heavy (non-hydrogen) atoms. The standard InChI is InChI=1S/C13H25N3O4/c1-4-9(2)15-5-7-16(8-6-15)13(20)14-11(10(3)17)12(18)19/h9-11,17H,4-8H2,1-3H3,(H,14,20)(H,18,19)/t9?,10-,11+/m1/s1. The predicted molar refractivity (Wildman–Crippen MR) is 74.5 cm³/mol. The molecular formula is C13H25N3O4. The summed E-state index contributed by atoms with van der Waals surface area (Å²) < 4.78 is 0. The number of carbonyl (C=O) groups is 2. The number of hydrogen-bond donors (Lipinski definition) is 3. The van der Waals surface area contributed by atoms with Crippen LogP contribution >= 0.6 is 0 Å².